The Balaban J connectivity index is 1.69. The number of aliphatic carboxylic acids is 1. The van der Waals surface area contributed by atoms with E-state index in [1.54, 1.807) is 0 Å². The molecule has 0 saturated carbocycles. The number of rotatable bonds is 10. The van der Waals surface area contributed by atoms with E-state index in [1.807, 2.05) is 6.07 Å². The predicted octanol–water partition coefficient (Wildman–Crippen LogP) is 2.96. The molecule has 5 heteroatoms. The molecule has 1 fully saturated rings. The summed E-state index contributed by atoms with van der Waals surface area (Å²) < 4.78 is 5.83. The van der Waals surface area contributed by atoms with Crippen LogP contribution in [0.5, 0.6) is 0 Å². The van der Waals surface area contributed by atoms with E-state index in [0.717, 1.165) is 39.0 Å². The van der Waals surface area contributed by atoms with Crippen LogP contribution in [0.25, 0.3) is 0 Å². The molecule has 0 amide bonds. The van der Waals surface area contributed by atoms with E-state index in [2.05, 4.69) is 47.9 Å². The summed E-state index contributed by atoms with van der Waals surface area (Å²) in [4.78, 5) is 15.7. The SMILES string of the molecule is CC(C)CN(CCOCCN1CCC[C@@H](C(=O)O)C1)c1ccccc1. The molecular formula is C20H32N2O3. The van der Waals surface area contributed by atoms with Gasteiger partial charge in [-0.1, -0.05) is 32.0 Å². The monoisotopic (exact) mass is 348 g/mol. The lowest BCUT2D eigenvalue weighted by atomic mass is 9.98. The van der Waals surface area contributed by atoms with Crippen molar-refractivity contribution in [3.8, 4) is 0 Å². The molecule has 1 aromatic carbocycles. The predicted molar refractivity (Wildman–Crippen MR) is 101 cm³/mol. The van der Waals surface area contributed by atoms with E-state index in [4.69, 9.17) is 9.84 Å². The molecule has 1 aromatic rings. The average molecular weight is 348 g/mol. The van der Waals surface area contributed by atoms with E-state index >= 15 is 0 Å². The summed E-state index contributed by atoms with van der Waals surface area (Å²) in [6, 6.07) is 10.5. The molecule has 0 aliphatic carbocycles. The number of benzene rings is 1. The molecule has 0 radical (unpaired) electrons. The highest BCUT2D eigenvalue weighted by Crippen LogP contribution is 2.16. The highest BCUT2D eigenvalue weighted by Gasteiger charge is 2.24. The largest absolute Gasteiger partial charge is 0.481 e. The first-order chi connectivity index (χ1) is 12.1. The molecule has 1 saturated heterocycles. The van der Waals surface area contributed by atoms with E-state index in [-0.39, 0.29) is 5.92 Å². The van der Waals surface area contributed by atoms with Crippen molar-refractivity contribution in [1.29, 1.82) is 0 Å². The van der Waals surface area contributed by atoms with Crippen molar-refractivity contribution >= 4 is 11.7 Å². The number of hydrogen-bond donors (Lipinski definition) is 1. The number of ether oxygens (including phenoxy) is 1. The van der Waals surface area contributed by atoms with Crippen LogP contribution in [0.3, 0.4) is 0 Å². The van der Waals surface area contributed by atoms with E-state index < -0.39 is 5.97 Å². The van der Waals surface area contributed by atoms with Crippen molar-refractivity contribution in [2.24, 2.45) is 11.8 Å². The summed E-state index contributed by atoms with van der Waals surface area (Å²) in [6.07, 6.45) is 1.76. The molecule has 1 aliphatic heterocycles. The number of carbonyl (C=O) groups is 1. The Morgan fingerprint density at radius 2 is 2.08 bits per heavy atom. The number of carboxylic acid groups (broad SMARTS) is 1. The molecule has 1 heterocycles. The molecule has 5 nitrogen and oxygen atoms in total. The fraction of sp³-hybridized carbons (Fsp3) is 0.650. The third-order valence-corrected chi connectivity index (χ3v) is 4.62. The lowest BCUT2D eigenvalue weighted by molar-refractivity contribution is -0.143. The number of likely N-dealkylation sites (tertiary alicyclic amines) is 1. The third kappa shape index (κ3) is 7.04. The van der Waals surface area contributed by atoms with Gasteiger partial charge in [0.15, 0.2) is 0 Å². The van der Waals surface area contributed by atoms with Crippen LogP contribution in [-0.4, -0.2) is 61.9 Å². The van der Waals surface area contributed by atoms with Crippen molar-refractivity contribution in [3.63, 3.8) is 0 Å². The molecule has 0 unspecified atom stereocenters. The summed E-state index contributed by atoms with van der Waals surface area (Å²) in [6.45, 7) is 10.2. The maximum absolute atomic E-state index is 11.1. The van der Waals surface area contributed by atoms with Crippen LogP contribution in [0.4, 0.5) is 5.69 Å². The maximum atomic E-state index is 11.1. The van der Waals surface area contributed by atoms with Crippen LogP contribution in [0.2, 0.25) is 0 Å². The van der Waals surface area contributed by atoms with Crippen LogP contribution >= 0.6 is 0 Å². The quantitative estimate of drug-likeness (QED) is 0.659. The van der Waals surface area contributed by atoms with Gasteiger partial charge in [0, 0.05) is 31.9 Å². The summed E-state index contributed by atoms with van der Waals surface area (Å²) in [5.74, 6) is -0.285. The van der Waals surface area contributed by atoms with Crippen LogP contribution in [0.1, 0.15) is 26.7 Å². The first kappa shape index (κ1) is 19.7. The van der Waals surface area contributed by atoms with Crippen molar-refractivity contribution in [3.05, 3.63) is 30.3 Å². The van der Waals surface area contributed by atoms with Gasteiger partial charge in [-0.15, -0.1) is 0 Å². The van der Waals surface area contributed by atoms with Gasteiger partial charge in [-0.3, -0.25) is 4.79 Å². The summed E-state index contributed by atoms with van der Waals surface area (Å²) in [5.41, 5.74) is 1.24. The van der Waals surface area contributed by atoms with Gasteiger partial charge in [0.1, 0.15) is 0 Å². The van der Waals surface area contributed by atoms with Crippen molar-refractivity contribution in [2.75, 3.05) is 50.8 Å². The second kappa shape index (κ2) is 10.4. The smallest absolute Gasteiger partial charge is 0.307 e. The van der Waals surface area contributed by atoms with E-state index in [0.29, 0.717) is 25.7 Å². The molecule has 0 bridgehead atoms. The summed E-state index contributed by atoms with van der Waals surface area (Å²) in [5, 5.41) is 9.14. The number of piperidine rings is 1. The minimum absolute atomic E-state index is 0.214. The maximum Gasteiger partial charge on any atom is 0.307 e. The Morgan fingerprint density at radius 3 is 2.76 bits per heavy atom. The molecule has 1 aliphatic rings. The Hall–Kier alpha value is -1.59. The number of carboxylic acids is 1. The van der Waals surface area contributed by atoms with E-state index in [1.165, 1.54) is 5.69 Å². The van der Waals surface area contributed by atoms with Crippen LogP contribution in [0, 0.1) is 11.8 Å². The minimum Gasteiger partial charge on any atom is -0.481 e. The molecule has 25 heavy (non-hydrogen) atoms. The molecule has 140 valence electrons. The Labute approximate surface area is 151 Å². The van der Waals surface area contributed by atoms with Gasteiger partial charge in [0.25, 0.3) is 0 Å². The number of hydrogen-bond acceptors (Lipinski definition) is 4. The fourth-order valence-electron chi connectivity index (χ4n) is 3.34. The minimum atomic E-state index is -0.669. The Morgan fingerprint density at radius 1 is 1.32 bits per heavy atom. The Kier molecular flexibility index (Phi) is 8.22. The van der Waals surface area contributed by atoms with Gasteiger partial charge < -0.3 is 19.6 Å². The van der Waals surface area contributed by atoms with Crippen molar-refractivity contribution < 1.29 is 14.6 Å². The van der Waals surface area contributed by atoms with E-state index in [9.17, 15) is 4.79 Å². The van der Waals surface area contributed by atoms with Gasteiger partial charge in [-0.25, -0.2) is 0 Å². The summed E-state index contributed by atoms with van der Waals surface area (Å²) >= 11 is 0. The highest BCUT2D eigenvalue weighted by molar-refractivity contribution is 5.70. The fourth-order valence-corrected chi connectivity index (χ4v) is 3.34. The lowest BCUT2D eigenvalue weighted by Gasteiger charge is -2.30. The molecule has 0 aromatic heterocycles. The molecule has 1 atom stereocenters. The zero-order valence-corrected chi connectivity index (χ0v) is 15.6. The zero-order chi connectivity index (χ0) is 18.1. The summed E-state index contributed by atoms with van der Waals surface area (Å²) in [7, 11) is 0. The highest BCUT2D eigenvalue weighted by atomic mass is 16.5. The lowest BCUT2D eigenvalue weighted by Crippen LogP contribution is -2.40. The average Bonchev–Trinajstić information content (AvgIpc) is 2.61. The van der Waals surface area contributed by atoms with Gasteiger partial charge in [-0.2, -0.15) is 0 Å². The van der Waals surface area contributed by atoms with Gasteiger partial charge in [-0.05, 0) is 37.4 Å². The van der Waals surface area contributed by atoms with Gasteiger partial charge >= 0.3 is 5.97 Å². The molecule has 2 rings (SSSR count). The second-order valence-electron chi connectivity index (χ2n) is 7.27. The van der Waals surface area contributed by atoms with Crippen LogP contribution < -0.4 is 4.90 Å². The Bertz CT molecular complexity index is 507. The van der Waals surface area contributed by atoms with Crippen LogP contribution in [-0.2, 0) is 9.53 Å². The standard InChI is InChI=1S/C20H32N2O3/c1-17(2)15-22(19-8-4-3-5-9-19)12-14-25-13-11-21-10-6-7-18(16-21)20(23)24/h3-5,8-9,17-18H,6-7,10-16H2,1-2H3,(H,23,24)/t18-/m1/s1. The van der Waals surface area contributed by atoms with Crippen molar-refractivity contribution in [1.82, 2.24) is 4.90 Å². The van der Waals surface area contributed by atoms with Gasteiger partial charge in [0.2, 0.25) is 0 Å². The van der Waals surface area contributed by atoms with Crippen molar-refractivity contribution in [2.45, 2.75) is 26.7 Å². The normalized spacial score (nSPS) is 18.4. The molecule has 1 N–H and O–H groups in total. The number of para-hydroxylation sites is 1. The topological polar surface area (TPSA) is 53.0 Å². The number of anilines is 1. The number of nitrogens with zero attached hydrogens (tertiary/aromatic N) is 2. The third-order valence-electron chi connectivity index (χ3n) is 4.62. The second-order valence-corrected chi connectivity index (χ2v) is 7.27. The molecule has 0 spiro atoms. The molecular weight excluding hydrogens is 316 g/mol. The van der Waals surface area contributed by atoms with Gasteiger partial charge in [0.05, 0.1) is 19.1 Å². The first-order valence-corrected chi connectivity index (χ1v) is 9.39. The first-order valence-electron chi connectivity index (χ1n) is 9.39. The zero-order valence-electron chi connectivity index (χ0n) is 15.6. The van der Waals surface area contributed by atoms with Crippen LogP contribution in [0.15, 0.2) is 30.3 Å².